The van der Waals surface area contributed by atoms with Crippen LogP contribution < -0.4 is 9.64 Å². The lowest BCUT2D eigenvalue weighted by Crippen LogP contribution is -2.33. The van der Waals surface area contributed by atoms with Crippen molar-refractivity contribution in [1.82, 2.24) is 0 Å². The molecule has 0 spiro atoms. The number of fused-ring (bicyclic) bond motifs is 1. The van der Waals surface area contributed by atoms with Gasteiger partial charge in [0.15, 0.2) is 0 Å². The van der Waals surface area contributed by atoms with Crippen LogP contribution in [-0.2, 0) is 9.53 Å². The lowest BCUT2D eigenvalue weighted by atomic mass is 9.80. The van der Waals surface area contributed by atoms with Gasteiger partial charge in [0.05, 0.1) is 25.0 Å². The average Bonchev–Trinajstić information content (AvgIpc) is 3.09. The summed E-state index contributed by atoms with van der Waals surface area (Å²) in [6.07, 6.45) is 0. The number of anilines is 1. The normalized spacial score (nSPS) is 18.1. The van der Waals surface area contributed by atoms with Gasteiger partial charge in [-0.1, -0.05) is 18.2 Å². The van der Waals surface area contributed by atoms with E-state index in [0.717, 1.165) is 22.5 Å². The first kappa shape index (κ1) is 17.2. The first-order valence-corrected chi connectivity index (χ1v) is 8.57. The molecule has 1 atom stereocenters. The summed E-state index contributed by atoms with van der Waals surface area (Å²) in [5.41, 5.74) is 4.07. The Balaban J connectivity index is 1.96. The van der Waals surface area contributed by atoms with E-state index in [9.17, 15) is 14.8 Å². The lowest BCUT2D eigenvalue weighted by Gasteiger charge is -2.35. The number of carbonyl (C=O) groups is 1. The van der Waals surface area contributed by atoms with Gasteiger partial charge in [-0.05, 0) is 34.5 Å². The summed E-state index contributed by atoms with van der Waals surface area (Å²) in [6, 6.07) is 12.5. The zero-order valence-electron chi connectivity index (χ0n) is 14.7. The predicted octanol–water partition coefficient (Wildman–Crippen LogP) is 2.85. The molecule has 1 N–H and O–H groups in total. The number of cyclic esters (lactones) is 1. The molecule has 1 unspecified atom stereocenters. The van der Waals surface area contributed by atoms with Crippen molar-refractivity contribution < 1.29 is 19.4 Å². The molecule has 7 nitrogen and oxygen atoms in total. The smallest absolute Gasteiger partial charge is 0.337 e. The molecule has 0 saturated carbocycles. The van der Waals surface area contributed by atoms with Crippen molar-refractivity contribution in [2.24, 2.45) is 5.18 Å². The van der Waals surface area contributed by atoms with Crippen molar-refractivity contribution >= 4 is 17.3 Å². The van der Waals surface area contributed by atoms with E-state index < -0.39 is 0 Å². The fourth-order valence-electron chi connectivity index (χ4n) is 3.81. The number of methoxy groups -OCH3 is 1. The molecule has 0 amide bonds. The summed E-state index contributed by atoms with van der Waals surface area (Å²) < 4.78 is 10.7. The van der Waals surface area contributed by atoms with Crippen LogP contribution in [-0.4, -0.2) is 37.9 Å². The molecule has 138 valence electrons. The van der Waals surface area contributed by atoms with Gasteiger partial charge < -0.3 is 19.5 Å². The van der Waals surface area contributed by atoms with Crippen LogP contribution in [0.4, 0.5) is 11.4 Å². The van der Waals surface area contributed by atoms with Gasteiger partial charge in [-0.25, -0.2) is 4.79 Å². The van der Waals surface area contributed by atoms with Gasteiger partial charge in [0.2, 0.25) is 0 Å². The van der Waals surface area contributed by atoms with Gasteiger partial charge in [-0.3, -0.25) is 0 Å². The van der Waals surface area contributed by atoms with Crippen LogP contribution in [0.1, 0.15) is 17.0 Å². The van der Waals surface area contributed by atoms with Gasteiger partial charge in [-0.2, -0.15) is 0 Å². The number of carbonyl (C=O) groups excluding carboxylic acids is 1. The summed E-state index contributed by atoms with van der Waals surface area (Å²) in [6.45, 7) is 0.405. The zero-order valence-corrected chi connectivity index (χ0v) is 14.7. The zero-order chi connectivity index (χ0) is 19.0. The van der Waals surface area contributed by atoms with Gasteiger partial charge in [0.25, 0.3) is 0 Å². The highest BCUT2D eigenvalue weighted by molar-refractivity contribution is 5.97. The molecule has 2 aromatic carbocycles. The maximum Gasteiger partial charge on any atom is 0.337 e. The van der Waals surface area contributed by atoms with Crippen LogP contribution in [0.5, 0.6) is 5.75 Å². The number of nitrogens with zero attached hydrogens (tertiary/aromatic N) is 2. The molecule has 0 fully saturated rings. The molecule has 7 heteroatoms. The van der Waals surface area contributed by atoms with E-state index in [1.165, 1.54) is 0 Å². The molecule has 2 aromatic rings. The molecular weight excluding hydrogens is 348 g/mol. The molecule has 27 heavy (non-hydrogen) atoms. The molecular formula is C20H18N2O5. The molecule has 0 saturated heterocycles. The second-order valence-corrected chi connectivity index (χ2v) is 6.36. The third-order valence-corrected chi connectivity index (χ3v) is 4.96. The highest BCUT2D eigenvalue weighted by Crippen LogP contribution is 2.48. The van der Waals surface area contributed by atoms with Crippen molar-refractivity contribution in [1.29, 1.82) is 0 Å². The highest BCUT2D eigenvalue weighted by Gasteiger charge is 2.41. The molecule has 2 aliphatic heterocycles. The van der Waals surface area contributed by atoms with E-state index in [2.05, 4.69) is 5.18 Å². The van der Waals surface area contributed by atoms with Gasteiger partial charge in [-0.15, -0.1) is 4.91 Å². The minimum absolute atomic E-state index is 0.0726. The highest BCUT2D eigenvalue weighted by atomic mass is 16.5. The fourth-order valence-corrected chi connectivity index (χ4v) is 3.81. The molecule has 2 heterocycles. The van der Waals surface area contributed by atoms with E-state index in [1.807, 2.05) is 29.2 Å². The minimum atomic E-state index is -0.385. The largest absolute Gasteiger partial charge is 0.497 e. The second kappa shape index (κ2) is 6.85. The number of hydrogen-bond acceptors (Lipinski definition) is 7. The Morgan fingerprint density at radius 2 is 2.15 bits per heavy atom. The van der Waals surface area contributed by atoms with Gasteiger partial charge >= 0.3 is 5.97 Å². The number of benzene rings is 2. The van der Waals surface area contributed by atoms with Crippen molar-refractivity contribution in [3.05, 3.63) is 69.8 Å². The van der Waals surface area contributed by atoms with E-state index in [0.29, 0.717) is 23.6 Å². The predicted molar refractivity (Wildman–Crippen MR) is 99.2 cm³/mol. The maximum absolute atomic E-state index is 12.6. The van der Waals surface area contributed by atoms with E-state index >= 15 is 0 Å². The van der Waals surface area contributed by atoms with Crippen LogP contribution in [0.15, 0.2) is 58.9 Å². The Morgan fingerprint density at radius 1 is 1.30 bits per heavy atom. The summed E-state index contributed by atoms with van der Waals surface area (Å²) in [7, 11) is 1.59. The Hall–Kier alpha value is -3.19. The van der Waals surface area contributed by atoms with Gasteiger partial charge in [0, 0.05) is 24.2 Å². The average molecular weight is 366 g/mol. The topological polar surface area (TPSA) is 88.4 Å². The molecule has 0 aliphatic carbocycles. The van der Waals surface area contributed by atoms with E-state index in [-0.39, 0.29) is 25.1 Å². The number of aliphatic hydroxyl groups excluding tert-OH is 1. The van der Waals surface area contributed by atoms with Gasteiger partial charge in [0.1, 0.15) is 18.0 Å². The molecule has 0 aromatic heterocycles. The second-order valence-electron chi connectivity index (χ2n) is 6.36. The number of aliphatic hydroxyl groups is 1. The number of β-amino-alcohol motifs (C(OH)–C–C–N with tert-alkyl or cyclic N) is 1. The summed E-state index contributed by atoms with van der Waals surface area (Å²) in [5, 5.41) is 12.6. The van der Waals surface area contributed by atoms with Crippen LogP contribution in [0.25, 0.3) is 0 Å². The summed E-state index contributed by atoms with van der Waals surface area (Å²) >= 11 is 0. The fraction of sp³-hybridized carbons (Fsp3) is 0.250. The third-order valence-electron chi connectivity index (χ3n) is 4.96. The number of ether oxygens (including phenoxy) is 2. The molecule has 0 radical (unpaired) electrons. The van der Waals surface area contributed by atoms with E-state index in [4.69, 9.17) is 9.47 Å². The summed E-state index contributed by atoms with van der Waals surface area (Å²) in [4.78, 5) is 25.4. The Morgan fingerprint density at radius 3 is 2.89 bits per heavy atom. The Kier molecular flexibility index (Phi) is 4.37. The quantitative estimate of drug-likeness (QED) is 0.647. The summed E-state index contributed by atoms with van der Waals surface area (Å²) in [5.74, 6) is -0.0931. The number of rotatable bonds is 5. The number of nitroso groups, excluding NO2 is 1. The van der Waals surface area contributed by atoms with Crippen LogP contribution in [0.3, 0.4) is 0 Å². The van der Waals surface area contributed by atoms with Crippen molar-refractivity contribution in [2.45, 2.75) is 5.92 Å². The van der Waals surface area contributed by atoms with Crippen LogP contribution in [0.2, 0.25) is 0 Å². The van der Waals surface area contributed by atoms with Crippen molar-refractivity contribution in [2.75, 3.05) is 31.8 Å². The molecule has 4 rings (SSSR count). The third kappa shape index (κ3) is 2.76. The first-order valence-electron chi connectivity index (χ1n) is 8.57. The van der Waals surface area contributed by atoms with E-state index in [1.54, 1.807) is 25.3 Å². The first-order chi connectivity index (χ1) is 13.2. The van der Waals surface area contributed by atoms with Crippen molar-refractivity contribution in [3.63, 3.8) is 0 Å². The number of esters is 1. The van der Waals surface area contributed by atoms with Crippen LogP contribution >= 0.6 is 0 Å². The lowest BCUT2D eigenvalue weighted by molar-refractivity contribution is -0.136. The Bertz CT molecular complexity index is 953. The molecule has 2 aliphatic rings. The number of hydrogen-bond donors (Lipinski definition) is 1. The maximum atomic E-state index is 12.6. The monoisotopic (exact) mass is 366 g/mol. The van der Waals surface area contributed by atoms with Crippen LogP contribution in [0, 0.1) is 4.91 Å². The Labute approximate surface area is 155 Å². The minimum Gasteiger partial charge on any atom is -0.497 e. The molecule has 0 bridgehead atoms. The standard InChI is InChI=1S/C20H18N2O5/c1-26-14-5-6-15-16(10-14)22(7-8-23)17-11-27-20(24)19(17)18(15)12-3-2-4-13(9-12)21-25/h2-6,9-10,18,23H,7-8,11H2,1H3. The SMILES string of the molecule is COc1ccc2c(c1)N(CCO)C1=C(C(=O)OC1)C2c1cccc(N=O)c1. The van der Waals surface area contributed by atoms with Crippen molar-refractivity contribution in [3.8, 4) is 5.75 Å².